The number of carboxylic acids is 1. The molecule has 5 heteroatoms. The molecule has 0 aromatic heterocycles. The van der Waals surface area contributed by atoms with Crippen LogP contribution in [-0.4, -0.2) is 22.5 Å². The minimum atomic E-state index is -0.882. The highest BCUT2D eigenvalue weighted by molar-refractivity contribution is 5.78. The topological polar surface area (TPSA) is 66.4 Å². The van der Waals surface area contributed by atoms with Crippen molar-refractivity contribution in [1.82, 2.24) is 5.32 Å². The number of carboxylic acid groups (broad SMARTS) is 1. The molecule has 0 radical (unpaired) electrons. The van der Waals surface area contributed by atoms with Crippen molar-refractivity contribution < 1.29 is 19.1 Å². The van der Waals surface area contributed by atoms with Crippen LogP contribution in [-0.2, 0) is 16.0 Å². The predicted octanol–water partition coefficient (Wildman–Crippen LogP) is 3.05. The van der Waals surface area contributed by atoms with Crippen LogP contribution in [0.3, 0.4) is 0 Å². The van der Waals surface area contributed by atoms with Crippen LogP contribution in [0.5, 0.6) is 0 Å². The second-order valence-corrected chi connectivity index (χ2v) is 6.09. The Bertz CT molecular complexity index is 538. The summed E-state index contributed by atoms with van der Waals surface area (Å²) in [5.41, 5.74) is 0.161. The third kappa shape index (κ3) is 4.83. The van der Waals surface area contributed by atoms with Gasteiger partial charge in [-0.25, -0.2) is 4.39 Å². The average molecular weight is 307 g/mol. The zero-order valence-corrected chi connectivity index (χ0v) is 12.6. The minimum absolute atomic E-state index is 0.0291. The van der Waals surface area contributed by atoms with Gasteiger partial charge in [-0.3, -0.25) is 9.59 Å². The largest absolute Gasteiger partial charge is 0.481 e. The molecule has 1 aliphatic carbocycles. The maximum atomic E-state index is 13.1. The number of halogens is 1. The smallest absolute Gasteiger partial charge is 0.305 e. The number of nitrogens with one attached hydrogen (secondary N) is 1. The van der Waals surface area contributed by atoms with E-state index in [2.05, 4.69) is 5.32 Å². The molecule has 0 bridgehead atoms. The second-order valence-electron chi connectivity index (χ2n) is 6.09. The van der Waals surface area contributed by atoms with E-state index < -0.39 is 11.5 Å². The monoisotopic (exact) mass is 307 g/mol. The van der Waals surface area contributed by atoms with Crippen molar-refractivity contribution in [3.05, 3.63) is 35.6 Å². The van der Waals surface area contributed by atoms with Crippen molar-refractivity contribution in [2.45, 2.75) is 56.9 Å². The van der Waals surface area contributed by atoms with Crippen molar-refractivity contribution in [2.24, 2.45) is 0 Å². The van der Waals surface area contributed by atoms with Crippen molar-refractivity contribution in [1.29, 1.82) is 0 Å². The average Bonchev–Trinajstić information content (AvgIpc) is 2.45. The molecule has 0 unspecified atom stereocenters. The summed E-state index contributed by atoms with van der Waals surface area (Å²) in [6, 6.07) is 6.19. The molecule has 0 heterocycles. The first-order valence-electron chi connectivity index (χ1n) is 7.76. The number of hydrogen-bond donors (Lipinski definition) is 2. The van der Waals surface area contributed by atoms with E-state index in [0.717, 1.165) is 24.8 Å². The molecule has 120 valence electrons. The van der Waals surface area contributed by atoms with Crippen LogP contribution in [0.4, 0.5) is 4.39 Å². The highest BCUT2D eigenvalue weighted by Gasteiger charge is 2.35. The van der Waals surface area contributed by atoms with E-state index in [1.807, 2.05) is 0 Å². The molecule has 22 heavy (non-hydrogen) atoms. The molecule has 2 rings (SSSR count). The van der Waals surface area contributed by atoms with Gasteiger partial charge in [0.1, 0.15) is 5.82 Å². The van der Waals surface area contributed by atoms with Crippen molar-refractivity contribution in [2.75, 3.05) is 0 Å². The Labute approximate surface area is 129 Å². The molecule has 1 fully saturated rings. The lowest BCUT2D eigenvalue weighted by molar-refractivity contribution is -0.139. The van der Waals surface area contributed by atoms with Crippen molar-refractivity contribution in [3.63, 3.8) is 0 Å². The number of aryl methyl sites for hydroxylation is 1. The first-order valence-corrected chi connectivity index (χ1v) is 7.76. The number of carbonyl (C=O) groups excluding carboxylic acids is 1. The number of aliphatic carboxylic acids is 1. The first-order chi connectivity index (χ1) is 10.5. The molecule has 0 atom stereocenters. The predicted molar refractivity (Wildman–Crippen MR) is 80.9 cm³/mol. The Morgan fingerprint density at radius 1 is 1.23 bits per heavy atom. The van der Waals surface area contributed by atoms with E-state index in [1.54, 1.807) is 12.1 Å². The van der Waals surface area contributed by atoms with Gasteiger partial charge < -0.3 is 10.4 Å². The fourth-order valence-electron chi connectivity index (χ4n) is 3.17. The lowest BCUT2D eigenvalue weighted by atomic mass is 9.79. The molecule has 1 amide bonds. The number of benzene rings is 1. The Morgan fingerprint density at radius 2 is 1.95 bits per heavy atom. The molecule has 1 aliphatic rings. The fraction of sp³-hybridized carbons (Fsp3) is 0.529. The number of carbonyl (C=O) groups is 2. The summed E-state index contributed by atoms with van der Waals surface area (Å²) in [5.74, 6) is -1.35. The molecule has 1 aromatic rings. The Hall–Kier alpha value is -1.91. The second kappa shape index (κ2) is 7.38. The molecule has 2 N–H and O–H groups in total. The van der Waals surface area contributed by atoms with Gasteiger partial charge in [0.15, 0.2) is 0 Å². The highest BCUT2D eigenvalue weighted by atomic mass is 19.1. The normalized spacial score (nSPS) is 17.0. The van der Waals surface area contributed by atoms with Crippen LogP contribution in [0.1, 0.15) is 50.5 Å². The van der Waals surface area contributed by atoms with Crippen LogP contribution in [0, 0.1) is 5.82 Å². The van der Waals surface area contributed by atoms with Crippen LogP contribution in [0.2, 0.25) is 0 Å². The number of hydrogen-bond acceptors (Lipinski definition) is 2. The maximum Gasteiger partial charge on any atom is 0.305 e. The van der Waals surface area contributed by atoms with Gasteiger partial charge >= 0.3 is 5.97 Å². The molecular formula is C17H22FNO3. The molecule has 1 saturated carbocycles. The van der Waals surface area contributed by atoms with Gasteiger partial charge in [0.05, 0.1) is 12.0 Å². The quantitative estimate of drug-likeness (QED) is 0.849. The standard InChI is InChI=1S/C17H22FNO3/c18-14-6-4-5-13(11-14)7-8-15(20)19-17(12-16(21)22)9-2-1-3-10-17/h4-6,11H,1-3,7-10,12H2,(H,19,20)(H,21,22). The van der Waals surface area contributed by atoms with Gasteiger partial charge in [-0.1, -0.05) is 31.4 Å². The maximum absolute atomic E-state index is 13.1. The van der Waals surface area contributed by atoms with Gasteiger partial charge in [-0.05, 0) is 37.0 Å². The van der Waals surface area contributed by atoms with Crippen LogP contribution in [0.25, 0.3) is 0 Å². The van der Waals surface area contributed by atoms with Gasteiger partial charge in [0.2, 0.25) is 5.91 Å². The summed E-state index contributed by atoms with van der Waals surface area (Å²) >= 11 is 0. The van der Waals surface area contributed by atoms with Gasteiger partial charge in [0.25, 0.3) is 0 Å². The lowest BCUT2D eigenvalue weighted by Gasteiger charge is -2.37. The molecular weight excluding hydrogens is 285 g/mol. The Kier molecular flexibility index (Phi) is 5.52. The summed E-state index contributed by atoms with van der Waals surface area (Å²) in [7, 11) is 0. The minimum Gasteiger partial charge on any atom is -0.481 e. The fourth-order valence-corrected chi connectivity index (χ4v) is 3.17. The molecule has 4 nitrogen and oxygen atoms in total. The molecule has 1 aromatic carbocycles. The van der Waals surface area contributed by atoms with E-state index >= 15 is 0 Å². The summed E-state index contributed by atoms with van der Waals surface area (Å²) in [6.07, 6.45) is 5.06. The van der Waals surface area contributed by atoms with Crippen LogP contribution in [0.15, 0.2) is 24.3 Å². The van der Waals surface area contributed by atoms with E-state index in [-0.39, 0.29) is 24.6 Å². The number of amides is 1. The van der Waals surface area contributed by atoms with Gasteiger partial charge in [-0.15, -0.1) is 0 Å². The van der Waals surface area contributed by atoms with E-state index in [1.165, 1.54) is 12.1 Å². The first kappa shape index (κ1) is 16.5. The van der Waals surface area contributed by atoms with Crippen molar-refractivity contribution >= 4 is 11.9 Å². The summed E-state index contributed by atoms with van der Waals surface area (Å²) in [4.78, 5) is 23.2. The molecule has 0 spiro atoms. The summed E-state index contributed by atoms with van der Waals surface area (Å²) in [6.45, 7) is 0. The van der Waals surface area contributed by atoms with E-state index in [9.17, 15) is 14.0 Å². The zero-order chi connectivity index (χ0) is 16.0. The molecule has 0 aliphatic heterocycles. The third-order valence-corrected chi connectivity index (χ3v) is 4.23. The Balaban J connectivity index is 1.92. The van der Waals surface area contributed by atoms with E-state index in [4.69, 9.17) is 5.11 Å². The van der Waals surface area contributed by atoms with Gasteiger partial charge in [0, 0.05) is 6.42 Å². The summed E-state index contributed by atoms with van der Waals surface area (Å²) < 4.78 is 13.1. The molecule has 0 saturated heterocycles. The van der Waals surface area contributed by atoms with Crippen LogP contribution < -0.4 is 5.32 Å². The summed E-state index contributed by atoms with van der Waals surface area (Å²) in [5, 5.41) is 12.0. The highest BCUT2D eigenvalue weighted by Crippen LogP contribution is 2.31. The number of rotatable bonds is 6. The van der Waals surface area contributed by atoms with Crippen LogP contribution >= 0.6 is 0 Å². The van der Waals surface area contributed by atoms with Gasteiger partial charge in [-0.2, -0.15) is 0 Å². The van der Waals surface area contributed by atoms with Crippen molar-refractivity contribution in [3.8, 4) is 0 Å². The Morgan fingerprint density at radius 3 is 2.59 bits per heavy atom. The van der Waals surface area contributed by atoms with E-state index in [0.29, 0.717) is 19.3 Å². The third-order valence-electron chi connectivity index (χ3n) is 4.23. The SMILES string of the molecule is O=C(O)CC1(NC(=O)CCc2cccc(F)c2)CCCCC1. The lowest BCUT2D eigenvalue weighted by Crippen LogP contribution is -2.51. The zero-order valence-electron chi connectivity index (χ0n) is 12.6.